The second kappa shape index (κ2) is 8.57. The van der Waals surface area contributed by atoms with E-state index in [4.69, 9.17) is 10.5 Å². The first-order valence-electron chi connectivity index (χ1n) is 7.18. The molecule has 2 N–H and O–H groups in total. The van der Waals surface area contributed by atoms with E-state index in [0.717, 1.165) is 12.2 Å². The molecule has 0 radical (unpaired) electrons. The highest BCUT2D eigenvalue weighted by molar-refractivity contribution is 5.99. The molecule has 0 bridgehead atoms. The van der Waals surface area contributed by atoms with Crippen molar-refractivity contribution in [3.8, 4) is 5.75 Å². The van der Waals surface area contributed by atoms with Gasteiger partial charge in [-0.2, -0.15) is 0 Å². The van der Waals surface area contributed by atoms with Crippen molar-refractivity contribution in [3.63, 3.8) is 0 Å². The summed E-state index contributed by atoms with van der Waals surface area (Å²) in [5.74, 6) is 0.704. The zero-order chi connectivity index (χ0) is 14.1. The number of hydrogen-bond acceptors (Lipinski definition) is 3. The van der Waals surface area contributed by atoms with Crippen molar-refractivity contribution < 1.29 is 9.53 Å². The molecule has 3 nitrogen and oxygen atoms in total. The lowest BCUT2D eigenvalue weighted by atomic mass is 10.1. The number of anilines is 1. The van der Waals surface area contributed by atoms with Crippen molar-refractivity contribution >= 4 is 11.5 Å². The van der Waals surface area contributed by atoms with Gasteiger partial charge < -0.3 is 10.5 Å². The number of nitrogen functional groups attached to an aromatic ring is 1. The van der Waals surface area contributed by atoms with Crippen LogP contribution in [-0.4, -0.2) is 12.4 Å². The molecule has 3 heteroatoms. The Balaban J connectivity index is 2.30. The summed E-state index contributed by atoms with van der Waals surface area (Å²) in [6.45, 7) is 4.44. The van der Waals surface area contributed by atoms with Gasteiger partial charge in [-0.1, -0.05) is 39.0 Å². The van der Waals surface area contributed by atoms with Crippen LogP contribution in [0.1, 0.15) is 62.7 Å². The fourth-order valence-corrected chi connectivity index (χ4v) is 2.00. The molecule has 0 aliphatic carbocycles. The maximum Gasteiger partial charge on any atom is 0.162 e. The van der Waals surface area contributed by atoms with Gasteiger partial charge in [0.25, 0.3) is 0 Å². The smallest absolute Gasteiger partial charge is 0.162 e. The average Bonchev–Trinajstić information content (AvgIpc) is 2.39. The molecule has 0 unspecified atom stereocenters. The standard InChI is InChI=1S/C16H25NO2/c1-3-4-5-6-7-8-11-19-14-9-10-16(17)15(12-14)13(2)18/h9-10,12H,3-8,11,17H2,1-2H3. The van der Waals surface area contributed by atoms with Gasteiger partial charge in [0.05, 0.1) is 6.61 Å². The second-order valence-electron chi connectivity index (χ2n) is 4.92. The Morgan fingerprint density at radius 2 is 1.84 bits per heavy atom. The Kier molecular flexibility index (Phi) is 7.01. The SMILES string of the molecule is CCCCCCCCOc1ccc(N)c(C(C)=O)c1. The lowest BCUT2D eigenvalue weighted by Gasteiger charge is -2.08. The van der Waals surface area contributed by atoms with Crippen LogP contribution in [0.25, 0.3) is 0 Å². The number of rotatable bonds is 9. The summed E-state index contributed by atoms with van der Waals surface area (Å²) in [4.78, 5) is 11.4. The van der Waals surface area contributed by atoms with Crippen LogP contribution in [-0.2, 0) is 0 Å². The van der Waals surface area contributed by atoms with Crippen molar-refractivity contribution in [1.82, 2.24) is 0 Å². The van der Waals surface area contributed by atoms with Crippen molar-refractivity contribution in [3.05, 3.63) is 23.8 Å². The summed E-state index contributed by atoms with van der Waals surface area (Å²) in [6.07, 6.45) is 7.44. The third kappa shape index (κ3) is 5.77. The van der Waals surface area contributed by atoms with E-state index in [2.05, 4.69) is 6.92 Å². The van der Waals surface area contributed by atoms with Crippen LogP contribution < -0.4 is 10.5 Å². The predicted octanol–water partition coefficient (Wildman–Crippen LogP) is 4.21. The molecule has 0 spiro atoms. The van der Waals surface area contributed by atoms with E-state index in [9.17, 15) is 4.79 Å². The van der Waals surface area contributed by atoms with Gasteiger partial charge in [0.1, 0.15) is 5.75 Å². The van der Waals surface area contributed by atoms with E-state index in [1.165, 1.54) is 39.0 Å². The van der Waals surface area contributed by atoms with Gasteiger partial charge >= 0.3 is 0 Å². The molecule has 0 aromatic heterocycles. The molecular formula is C16H25NO2. The van der Waals surface area contributed by atoms with Crippen molar-refractivity contribution in [1.29, 1.82) is 0 Å². The van der Waals surface area contributed by atoms with Crippen molar-refractivity contribution in [2.75, 3.05) is 12.3 Å². The van der Waals surface area contributed by atoms with Gasteiger partial charge in [0.2, 0.25) is 0 Å². The van der Waals surface area contributed by atoms with E-state index < -0.39 is 0 Å². The minimum absolute atomic E-state index is 0.0254. The summed E-state index contributed by atoms with van der Waals surface area (Å²) in [6, 6.07) is 5.28. The first-order chi connectivity index (χ1) is 9.15. The quantitative estimate of drug-likeness (QED) is 0.412. The molecule has 0 fully saturated rings. The summed E-state index contributed by atoms with van der Waals surface area (Å²) in [5, 5.41) is 0. The van der Waals surface area contributed by atoms with Crippen LogP contribution in [0, 0.1) is 0 Å². The molecule has 0 aliphatic heterocycles. The molecule has 1 rings (SSSR count). The predicted molar refractivity (Wildman–Crippen MR) is 79.7 cm³/mol. The number of nitrogens with two attached hydrogens (primary N) is 1. The van der Waals surface area contributed by atoms with Crippen LogP contribution in [0.4, 0.5) is 5.69 Å². The van der Waals surface area contributed by atoms with E-state index in [-0.39, 0.29) is 5.78 Å². The Bertz CT molecular complexity index is 402. The number of benzene rings is 1. The van der Waals surface area contributed by atoms with E-state index in [0.29, 0.717) is 17.9 Å². The van der Waals surface area contributed by atoms with Gasteiger partial charge in [0.15, 0.2) is 5.78 Å². The lowest BCUT2D eigenvalue weighted by Crippen LogP contribution is -2.02. The first-order valence-corrected chi connectivity index (χ1v) is 7.18. The van der Waals surface area contributed by atoms with Crippen LogP contribution >= 0.6 is 0 Å². The molecule has 0 saturated carbocycles. The summed E-state index contributed by atoms with van der Waals surface area (Å²) in [5.41, 5.74) is 6.79. The van der Waals surface area contributed by atoms with Crippen molar-refractivity contribution in [2.45, 2.75) is 52.4 Å². The third-order valence-electron chi connectivity index (χ3n) is 3.17. The number of ether oxygens (including phenoxy) is 1. The molecular weight excluding hydrogens is 238 g/mol. The van der Waals surface area contributed by atoms with E-state index in [1.807, 2.05) is 6.07 Å². The number of Topliss-reactive ketones (excluding diaryl/α,β-unsaturated/α-hetero) is 1. The highest BCUT2D eigenvalue weighted by Crippen LogP contribution is 2.20. The monoisotopic (exact) mass is 263 g/mol. The van der Waals surface area contributed by atoms with Crippen LogP contribution in [0.15, 0.2) is 18.2 Å². The molecule has 1 aromatic rings. The molecule has 0 atom stereocenters. The molecule has 0 saturated heterocycles. The van der Waals surface area contributed by atoms with Gasteiger partial charge in [-0.25, -0.2) is 0 Å². The normalized spacial score (nSPS) is 10.4. The maximum atomic E-state index is 11.4. The number of hydrogen-bond donors (Lipinski definition) is 1. The van der Waals surface area contributed by atoms with E-state index >= 15 is 0 Å². The highest BCUT2D eigenvalue weighted by atomic mass is 16.5. The Hall–Kier alpha value is -1.51. The molecule has 106 valence electrons. The van der Waals surface area contributed by atoms with Gasteiger partial charge in [-0.15, -0.1) is 0 Å². The molecule has 19 heavy (non-hydrogen) atoms. The Labute approximate surface area is 116 Å². The Morgan fingerprint density at radius 1 is 1.16 bits per heavy atom. The Morgan fingerprint density at radius 3 is 2.53 bits per heavy atom. The van der Waals surface area contributed by atoms with Crippen LogP contribution in [0.3, 0.4) is 0 Å². The van der Waals surface area contributed by atoms with Gasteiger partial charge in [-0.05, 0) is 31.5 Å². The molecule has 0 heterocycles. The summed E-state index contributed by atoms with van der Waals surface area (Å²) >= 11 is 0. The fourth-order valence-electron chi connectivity index (χ4n) is 2.00. The first kappa shape index (κ1) is 15.5. The zero-order valence-electron chi connectivity index (χ0n) is 12.1. The minimum atomic E-state index is -0.0254. The number of ketones is 1. The average molecular weight is 263 g/mol. The number of carbonyl (C=O) groups is 1. The van der Waals surface area contributed by atoms with E-state index in [1.54, 1.807) is 12.1 Å². The number of carbonyl (C=O) groups excluding carboxylic acids is 1. The lowest BCUT2D eigenvalue weighted by molar-refractivity contribution is 0.101. The molecule has 0 aliphatic rings. The summed E-state index contributed by atoms with van der Waals surface area (Å²) < 4.78 is 5.65. The van der Waals surface area contributed by atoms with Crippen LogP contribution in [0.2, 0.25) is 0 Å². The highest BCUT2D eigenvalue weighted by Gasteiger charge is 2.06. The van der Waals surface area contributed by atoms with Gasteiger partial charge in [0, 0.05) is 11.3 Å². The zero-order valence-corrected chi connectivity index (χ0v) is 12.1. The van der Waals surface area contributed by atoms with Gasteiger partial charge in [-0.3, -0.25) is 4.79 Å². The fraction of sp³-hybridized carbons (Fsp3) is 0.562. The number of unbranched alkanes of at least 4 members (excludes halogenated alkanes) is 5. The van der Waals surface area contributed by atoms with Crippen LogP contribution in [0.5, 0.6) is 5.75 Å². The third-order valence-corrected chi connectivity index (χ3v) is 3.17. The minimum Gasteiger partial charge on any atom is -0.494 e. The largest absolute Gasteiger partial charge is 0.494 e. The summed E-state index contributed by atoms with van der Waals surface area (Å²) in [7, 11) is 0. The molecule has 0 amide bonds. The maximum absolute atomic E-state index is 11.4. The second-order valence-corrected chi connectivity index (χ2v) is 4.92. The van der Waals surface area contributed by atoms with Crippen molar-refractivity contribution in [2.24, 2.45) is 0 Å². The topological polar surface area (TPSA) is 52.3 Å². The molecule has 1 aromatic carbocycles.